The Morgan fingerprint density at radius 2 is 0.635 bits per heavy atom. The number of hydrogen-bond donors (Lipinski definition) is 0. The van der Waals surface area contributed by atoms with Gasteiger partial charge in [-0.15, -0.1) is 0 Å². The van der Waals surface area contributed by atoms with Crippen molar-refractivity contribution in [1.29, 1.82) is 0 Å². The molecule has 0 spiro atoms. The highest BCUT2D eigenvalue weighted by Gasteiger charge is 2.30. The summed E-state index contributed by atoms with van der Waals surface area (Å²) in [5.74, 6) is 12.8. The molecule has 0 amide bonds. The molecule has 522 valence electrons. The van der Waals surface area contributed by atoms with E-state index in [1.165, 1.54) is 205 Å². The van der Waals surface area contributed by atoms with Crippen molar-refractivity contribution in [2.24, 2.45) is 104 Å². The average molecular weight is 1200 g/mol. The van der Waals surface area contributed by atoms with E-state index in [0.717, 1.165) is 82.3 Å². The second kappa shape index (κ2) is 56.7. The van der Waals surface area contributed by atoms with Crippen LogP contribution in [0, 0.1) is 104 Å². The maximum absolute atomic E-state index is 2.42. The molecule has 0 radical (unpaired) electrons. The maximum Gasteiger partial charge on any atom is -0.0328 e. The fraction of sp³-hybridized carbons (Fsp3) is 1.00. The molecule has 0 N–H and O–H groups in total. The summed E-state index contributed by atoms with van der Waals surface area (Å²) in [6.07, 6.45) is 46.6. The van der Waals surface area contributed by atoms with Crippen molar-refractivity contribution in [1.82, 2.24) is 0 Å². The maximum atomic E-state index is 2.42. The first-order valence-electron chi connectivity index (χ1n) is 39.2. The monoisotopic (exact) mass is 1200 g/mol. The normalized spacial score (nSPS) is 27.1. The van der Waals surface area contributed by atoms with E-state index in [-0.39, 0.29) is 0 Å². The molecule has 0 nitrogen and oxygen atoms in total. The highest BCUT2D eigenvalue weighted by atomic mass is 14.4. The van der Waals surface area contributed by atoms with Gasteiger partial charge in [0.2, 0.25) is 0 Å². The SMILES string of the molecule is CC.CC.CC(C)(C)C.CC(C)C.CC1CCC(C)(C)CC1.CC1CCC(C)C1C.CC1CCCC1.CC1CCCCC1.CC1CCCC[C@H]1C.CC1CCC[C@H]1C.CCC(C)(C)C.CCC(C)C.CCC1(C)CCCC1.C[C@@H]1CCCC1(C)C. The third-order valence-electron chi connectivity index (χ3n) is 21.2. The van der Waals surface area contributed by atoms with E-state index in [1.807, 2.05) is 27.7 Å². The Hall–Kier alpha value is 0. The lowest BCUT2D eigenvalue weighted by Gasteiger charge is -2.32. The standard InChI is InChI=1S/C9H18.4C8H16.2C7H14.C6H12.C6H14.2C5H12.C4H10.2C2H6/c1-8-4-6-9(2,3)7-5-8;1-7-5-4-6-8(7,2)3;1-6-4-5-7(2)8(6)3;1-7-5-3-4-6-8(7)2;1-3-8(2)6-4-5-7-8;1-6-4-3-5-7(6)2;1-7-5-3-2-4-6-7;1-6-4-2-3-5-6;1-5-6(2,3)4;1-5(2,3)4;1-4-5(2)3;1-4(2)3;2*1-2/h8H,4-7H2,1-3H3;7H,4-6H2,1-3H3;6-8H,4-5H2,1-3H3;7-8H,3-6H2,1-2H3;3-7H2,1-2H3;6-7H,3-5H2,1-2H3;7H,2-6H2,1H3;6H,2-5H2,1H3;5H2,1-4H3;1-4H3;5H,4H2,1-3H3;4H,1-3H3;2*1-2H3/t;7-;;7-,8?;;6-,7?;;;;;;;;/m.1.1.1......../s1. The minimum Gasteiger partial charge on any atom is -0.0683 e. The summed E-state index contributed by atoms with van der Waals surface area (Å²) in [5, 5.41) is 0. The Bertz CT molecular complexity index is 1240. The van der Waals surface area contributed by atoms with Crippen LogP contribution in [0.2, 0.25) is 0 Å². The van der Waals surface area contributed by atoms with Crippen molar-refractivity contribution in [3.05, 3.63) is 0 Å². The van der Waals surface area contributed by atoms with Crippen LogP contribution >= 0.6 is 0 Å². The number of hydrogen-bond acceptors (Lipinski definition) is 0. The molecular weight excluding hydrogens is 1020 g/mol. The van der Waals surface area contributed by atoms with Crippen LogP contribution in [0.1, 0.15) is 448 Å². The topological polar surface area (TPSA) is 0 Å². The van der Waals surface area contributed by atoms with Crippen LogP contribution in [0.5, 0.6) is 0 Å². The molecule has 0 saturated heterocycles. The zero-order valence-corrected chi connectivity index (χ0v) is 67.6. The van der Waals surface area contributed by atoms with Crippen LogP contribution < -0.4 is 0 Å². The first-order valence-corrected chi connectivity index (χ1v) is 39.2. The molecule has 8 fully saturated rings. The zero-order chi connectivity index (χ0) is 67.6. The summed E-state index contributed by atoms with van der Waals surface area (Å²) >= 11 is 0. The fourth-order valence-electron chi connectivity index (χ4n) is 11.5. The Labute approximate surface area is 548 Å². The van der Waals surface area contributed by atoms with E-state index >= 15 is 0 Å². The molecular formula is C85H182. The quantitative estimate of drug-likeness (QED) is 0.259. The second-order valence-corrected chi connectivity index (χ2v) is 35.6. The van der Waals surface area contributed by atoms with Crippen molar-refractivity contribution >= 4 is 0 Å². The van der Waals surface area contributed by atoms with Gasteiger partial charge in [-0.25, -0.2) is 0 Å². The van der Waals surface area contributed by atoms with Crippen molar-refractivity contribution in [2.75, 3.05) is 0 Å². The van der Waals surface area contributed by atoms with Crippen molar-refractivity contribution in [3.8, 4) is 0 Å². The first kappa shape index (κ1) is 96.1. The minimum atomic E-state index is 0.500. The van der Waals surface area contributed by atoms with Gasteiger partial charge in [-0.2, -0.15) is 0 Å². The molecule has 0 aromatic carbocycles. The molecule has 0 aromatic heterocycles. The molecule has 8 saturated carbocycles. The molecule has 0 heterocycles. The van der Waals surface area contributed by atoms with Gasteiger partial charge in [-0.1, -0.05) is 416 Å². The molecule has 0 aromatic rings. The zero-order valence-electron chi connectivity index (χ0n) is 67.6. The van der Waals surface area contributed by atoms with Crippen molar-refractivity contribution in [2.45, 2.75) is 448 Å². The lowest BCUT2D eigenvalue weighted by molar-refractivity contribution is 0.201. The number of rotatable bonds is 2. The van der Waals surface area contributed by atoms with Gasteiger partial charge in [0, 0.05) is 0 Å². The Balaban J connectivity index is -0.000000200. The van der Waals surface area contributed by atoms with Crippen molar-refractivity contribution < 1.29 is 0 Å². The Kier molecular flexibility index (Phi) is 64.1. The van der Waals surface area contributed by atoms with Gasteiger partial charge in [0.25, 0.3) is 0 Å². The smallest absolute Gasteiger partial charge is 0.0328 e. The van der Waals surface area contributed by atoms with E-state index < -0.39 is 0 Å². The lowest BCUT2D eigenvalue weighted by Crippen LogP contribution is -2.19. The van der Waals surface area contributed by atoms with Gasteiger partial charge < -0.3 is 0 Å². The van der Waals surface area contributed by atoms with Crippen LogP contribution in [-0.4, -0.2) is 0 Å². The van der Waals surface area contributed by atoms with Crippen LogP contribution in [0.4, 0.5) is 0 Å². The molecule has 8 aliphatic rings. The molecule has 0 heteroatoms. The summed E-state index contributed by atoms with van der Waals surface area (Å²) < 4.78 is 0. The molecule has 0 bridgehead atoms. The lowest BCUT2D eigenvalue weighted by atomic mass is 9.74. The molecule has 85 heavy (non-hydrogen) atoms. The average Bonchev–Trinajstić information content (AvgIpc) is 4.30. The predicted molar refractivity (Wildman–Crippen MR) is 404 cm³/mol. The summed E-state index contributed by atoms with van der Waals surface area (Å²) in [7, 11) is 0. The Morgan fingerprint density at radius 1 is 0.353 bits per heavy atom. The fourth-order valence-corrected chi connectivity index (χ4v) is 11.5. The van der Waals surface area contributed by atoms with E-state index in [2.05, 4.69) is 215 Å². The van der Waals surface area contributed by atoms with E-state index in [4.69, 9.17) is 0 Å². The van der Waals surface area contributed by atoms with E-state index in [9.17, 15) is 0 Å². The Morgan fingerprint density at radius 3 is 0.776 bits per heavy atom. The van der Waals surface area contributed by atoms with Crippen LogP contribution in [0.25, 0.3) is 0 Å². The first-order chi connectivity index (χ1) is 39.2. The van der Waals surface area contributed by atoms with Gasteiger partial charge in [0.05, 0.1) is 0 Å². The third-order valence-corrected chi connectivity index (χ3v) is 21.2. The van der Waals surface area contributed by atoms with E-state index in [0.29, 0.717) is 21.7 Å². The summed E-state index contributed by atoms with van der Waals surface area (Å²) in [6.45, 7) is 79.1. The van der Waals surface area contributed by atoms with Crippen molar-refractivity contribution in [3.63, 3.8) is 0 Å². The molecule has 7 atom stereocenters. The van der Waals surface area contributed by atoms with Crippen LogP contribution in [-0.2, 0) is 0 Å². The van der Waals surface area contributed by atoms with Crippen LogP contribution in [0.3, 0.4) is 0 Å². The molecule has 4 unspecified atom stereocenters. The largest absolute Gasteiger partial charge is 0.0683 e. The summed E-state index contributed by atoms with van der Waals surface area (Å²) in [5.41, 5.74) is 3.09. The van der Waals surface area contributed by atoms with Gasteiger partial charge in [0.15, 0.2) is 0 Å². The highest BCUT2D eigenvalue weighted by Crippen LogP contribution is 2.42. The second-order valence-electron chi connectivity index (χ2n) is 35.6. The highest BCUT2D eigenvalue weighted by molar-refractivity contribution is 4.82. The van der Waals surface area contributed by atoms with Gasteiger partial charge in [-0.3, -0.25) is 0 Å². The van der Waals surface area contributed by atoms with E-state index in [1.54, 1.807) is 0 Å². The summed E-state index contributed by atoms with van der Waals surface area (Å²) in [6, 6.07) is 0. The third kappa shape index (κ3) is 68.2. The van der Waals surface area contributed by atoms with Gasteiger partial charge >= 0.3 is 0 Å². The molecule has 8 aliphatic carbocycles. The molecule has 8 rings (SSSR count). The minimum absolute atomic E-state index is 0.500. The molecule has 0 aliphatic heterocycles. The predicted octanol–water partition coefficient (Wildman–Crippen LogP) is 32.0. The van der Waals surface area contributed by atoms with Gasteiger partial charge in [0.1, 0.15) is 0 Å². The van der Waals surface area contributed by atoms with Crippen LogP contribution in [0.15, 0.2) is 0 Å². The summed E-state index contributed by atoms with van der Waals surface area (Å²) in [4.78, 5) is 0. The van der Waals surface area contributed by atoms with Gasteiger partial charge in [-0.05, 0) is 136 Å².